The number of para-hydroxylation sites is 1. The van der Waals surface area contributed by atoms with Crippen LogP contribution < -0.4 is 5.32 Å². The average molecular weight is 312 g/mol. The summed E-state index contributed by atoms with van der Waals surface area (Å²) >= 11 is 0. The Bertz CT molecular complexity index is 629. The third-order valence-electron chi connectivity index (χ3n) is 3.54. The van der Waals surface area contributed by atoms with E-state index in [1.54, 1.807) is 0 Å². The van der Waals surface area contributed by atoms with Crippen LogP contribution in [-0.2, 0) is 4.79 Å². The Morgan fingerprint density at radius 2 is 1.65 bits per heavy atom. The summed E-state index contributed by atoms with van der Waals surface area (Å²) in [6, 6.07) is 19.3. The van der Waals surface area contributed by atoms with Crippen molar-refractivity contribution in [3.8, 4) is 0 Å². The number of rotatable bonds is 9. The molecular weight excluding hydrogens is 292 g/mol. The van der Waals surface area contributed by atoms with Gasteiger partial charge in [-0.05, 0) is 17.7 Å². The first-order valence-corrected chi connectivity index (χ1v) is 7.65. The van der Waals surface area contributed by atoms with Crippen molar-refractivity contribution in [2.24, 2.45) is 0 Å². The minimum Gasteiger partial charge on any atom is -0.378 e. The molecule has 5 heteroatoms. The Morgan fingerprint density at radius 3 is 2.26 bits per heavy atom. The van der Waals surface area contributed by atoms with Gasteiger partial charge in [-0.25, -0.2) is 0 Å². The second-order valence-electron chi connectivity index (χ2n) is 5.38. The van der Waals surface area contributed by atoms with Gasteiger partial charge in [-0.1, -0.05) is 48.5 Å². The molecule has 0 fully saturated rings. The lowest BCUT2D eigenvalue weighted by Gasteiger charge is -2.20. The standard InChI is InChI=1S/C18H20N2O3/c21-17(12-7-13-20(22)23)14-18(15-8-3-1-4-9-15)19-16-10-5-2-6-11-16/h1-6,8-11,18-19H,7,12-14H2. The van der Waals surface area contributed by atoms with Crippen molar-refractivity contribution >= 4 is 11.5 Å². The van der Waals surface area contributed by atoms with E-state index in [1.165, 1.54) is 0 Å². The molecule has 0 aliphatic rings. The largest absolute Gasteiger partial charge is 0.378 e. The van der Waals surface area contributed by atoms with E-state index in [2.05, 4.69) is 5.32 Å². The van der Waals surface area contributed by atoms with Crippen LogP contribution in [0.1, 0.15) is 30.9 Å². The molecule has 2 aromatic carbocycles. The van der Waals surface area contributed by atoms with E-state index in [0.29, 0.717) is 12.8 Å². The van der Waals surface area contributed by atoms with Crippen LogP contribution in [0.4, 0.5) is 5.69 Å². The summed E-state index contributed by atoms with van der Waals surface area (Å²) in [6.07, 6.45) is 0.843. The monoisotopic (exact) mass is 312 g/mol. The molecule has 23 heavy (non-hydrogen) atoms. The highest BCUT2D eigenvalue weighted by Gasteiger charge is 2.16. The normalized spacial score (nSPS) is 11.7. The van der Waals surface area contributed by atoms with Gasteiger partial charge in [-0.2, -0.15) is 0 Å². The molecule has 0 saturated carbocycles. The Labute approximate surface area is 135 Å². The van der Waals surface area contributed by atoms with Gasteiger partial charge in [0.25, 0.3) is 0 Å². The van der Waals surface area contributed by atoms with Gasteiger partial charge in [0.1, 0.15) is 5.78 Å². The predicted octanol–water partition coefficient (Wildman–Crippen LogP) is 3.86. The number of ketones is 1. The molecule has 0 aliphatic carbocycles. The Morgan fingerprint density at radius 1 is 1.04 bits per heavy atom. The predicted molar refractivity (Wildman–Crippen MR) is 90.0 cm³/mol. The van der Waals surface area contributed by atoms with Crippen molar-refractivity contribution in [3.05, 3.63) is 76.3 Å². The maximum Gasteiger partial charge on any atom is 0.204 e. The molecule has 0 aliphatic heterocycles. The topological polar surface area (TPSA) is 72.2 Å². The van der Waals surface area contributed by atoms with Crippen LogP contribution >= 0.6 is 0 Å². The summed E-state index contributed by atoms with van der Waals surface area (Å²) in [5, 5.41) is 13.7. The fourth-order valence-corrected chi connectivity index (χ4v) is 2.41. The first-order valence-electron chi connectivity index (χ1n) is 7.65. The van der Waals surface area contributed by atoms with Crippen LogP contribution in [0, 0.1) is 10.1 Å². The fraction of sp³-hybridized carbons (Fsp3) is 0.278. The van der Waals surface area contributed by atoms with Crippen LogP contribution in [0.2, 0.25) is 0 Å². The van der Waals surface area contributed by atoms with Gasteiger partial charge < -0.3 is 5.32 Å². The summed E-state index contributed by atoms with van der Waals surface area (Å²) in [7, 11) is 0. The molecule has 5 nitrogen and oxygen atoms in total. The van der Waals surface area contributed by atoms with Crippen molar-refractivity contribution in [3.63, 3.8) is 0 Å². The number of anilines is 1. The van der Waals surface area contributed by atoms with E-state index in [0.717, 1.165) is 11.3 Å². The lowest BCUT2D eigenvalue weighted by Crippen LogP contribution is -2.16. The summed E-state index contributed by atoms with van der Waals surface area (Å²) in [5.41, 5.74) is 1.97. The summed E-state index contributed by atoms with van der Waals surface area (Å²) in [4.78, 5) is 22.1. The van der Waals surface area contributed by atoms with E-state index < -0.39 is 0 Å². The molecule has 0 amide bonds. The molecule has 0 spiro atoms. The zero-order valence-electron chi connectivity index (χ0n) is 12.9. The van der Waals surface area contributed by atoms with Crippen LogP contribution in [0.3, 0.4) is 0 Å². The number of hydrogen-bond donors (Lipinski definition) is 1. The smallest absolute Gasteiger partial charge is 0.204 e. The zero-order valence-corrected chi connectivity index (χ0v) is 12.9. The number of nitrogens with zero attached hydrogens (tertiary/aromatic N) is 1. The lowest BCUT2D eigenvalue weighted by atomic mass is 9.99. The van der Waals surface area contributed by atoms with E-state index >= 15 is 0 Å². The Balaban J connectivity index is 2.02. The van der Waals surface area contributed by atoms with Crippen molar-refractivity contribution in [1.29, 1.82) is 0 Å². The minimum atomic E-state index is -0.385. The second-order valence-corrected chi connectivity index (χ2v) is 5.38. The summed E-state index contributed by atoms with van der Waals surface area (Å²) < 4.78 is 0. The molecule has 2 aromatic rings. The number of carbonyl (C=O) groups is 1. The molecule has 2 rings (SSSR count). The second kappa shape index (κ2) is 8.68. The number of Topliss-reactive ketones (excluding diaryl/α,β-unsaturated/α-hetero) is 1. The number of nitrogens with one attached hydrogen (secondary N) is 1. The van der Waals surface area contributed by atoms with E-state index in [-0.39, 0.29) is 29.7 Å². The highest BCUT2D eigenvalue weighted by atomic mass is 16.6. The average Bonchev–Trinajstić information content (AvgIpc) is 2.56. The molecule has 0 heterocycles. The maximum atomic E-state index is 12.1. The van der Waals surface area contributed by atoms with E-state index in [9.17, 15) is 14.9 Å². The molecule has 1 atom stereocenters. The van der Waals surface area contributed by atoms with Gasteiger partial charge >= 0.3 is 0 Å². The maximum absolute atomic E-state index is 12.1. The zero-order chi connectivity index (χ0) is 16.5. The number of carbonyl (C=O) groups excluding carboxylic acids is 1. The number of nitro groups is 1. The summed E-state index contributed by atoms with van der Waals surface area (Å²) in [6.45, 7) is -0.159. The van der Waals surface area contributed by atoms with Gasteiger partial charge in [-0.3, -0.25) is 14.9 Å². The van der Waals surface area contributed by atoms with Gasteiger partial charge in [0.2, 0.25) is 6.54 Å². The number of hydrogen-bond acceptors (Lipinski definition) is 4. The van der Waals surface area contributed by atoms with Crippen molar-refractivity contribution in [1.82, 2.24) is 0 Å². The van der Waals surface area contributed by atoms with Gasteiger partial charge in [-0.15, -0.1) is 0 Å². The highest BCUT2D eigenvalue weighted by Crippen LogP contribution is 2.23. The fourth-order valence-electron chi connectivity index (χ4n) is 2.41. The van der Waals surface area contributed by atoms with Gasteiger partial charge in [0.05, 0.1) is 6.04 Å². The third kappa shape index (κ3) is 5.90. The Hall–Kier alpha value is -2.69. The minimum absolute atomic E-state index is 0.0316. The first kappa shape index (κ1) is 16.7. The van der Waals surface area contributed by atoms with E-state index in [4.69, 9.17) is 0 Å². The molecule has 1 unspecified atom stereocenters. The van der Waals surface area contributed by atoms with Gasteiger partial charge in [0.15, 0.2) is 0 Å². The molecule has 0 aromatic heterocycles. The summed E-state index contributed by atoms with van der Waals surface area (Å²) in [5.74, 6) is 0.0316. The highest BCUT2D eigenvalue weighted by molar-refractivity contribution is 5.79. The first-order chi connectivity index (χ1) is 11.1. The molecule has 0 radical (unpaired) electrons. The quantitative estimate of drug-likeness (QED) is 0.564. The van der Waals surface area contributed by atoms with Crippen molar-refractivity contribution in [2.45, 2.75) is 25.3 Å². The van der Waals surface area contributed by atoms with E-state index in [1.807, 2.05) is 60.7 Å². The Kier molecular flexibility index (Phi) is 6.29. The molecule has 1 N–H and O–H groups in total. The molecular formula is C18H20N2O3. The van der Waals surface area contributed by atoms with Crippen LogP contribution in [-0.4, -0.2) is 17.3 Å². The molecule has 0 saturated heterocycles. The van der Waals surface area contributed by atoms with Crippen LogP contribution in [0.5, 0.6) is 0 Å². The number of benzene rings is 2. The molecule has 120 valence electrons. The van der Waals surface area contributed by atoms with Gasteiger partial charge in [0, 0.05) is 29.9 Å². The SMILES string of the molecule is O=C(CCC[N+](=O)[O-])CC(Nc1ccccc1)c1ccccc1. The molecule has 0 bridgehead atoms. The van der Waals surface area contributed by atoms with Crippen LogP contribution in [0.25, 0.3) is 0 Å². The van der Waals surface area contributed by atoms with Crippen LogP contribution in [0.15, 0.2) is 60.7 Å². The van der Waals surface area contributed by atoms with Crippen molar-refractivity contribution in [2.75, 3.05) is 11.9 Å². The lowest BCUT2D eigenvalue weighted by molar-refractivity contribution is -0.480. The van der Waals surface area contributed by atoms with Crippen molar-refractivity contribution < 1.29 is 9.72 Å². The third-order valence-corrected chi connectivity index (χ3v) is 3.54.